The van der Waals surface area contributed by atoms with Crippen LogP contribution in [0, 0.1) is 0 Å². The van der Waals surface area contributed by atoms with Crippen molar-refractivity contribution in [1.29, 1.82) is 0 Å². The maximum Gasteiger partial charge on any atom is 0.183 e. The Hall–Kier alpha value is -1.20. The minimum absolute atomic E-state index is 0.0617. The molecule has 2 aliphatic rings. The van der Waals surface area contributed by atoms with Crippen molar-refractivity contribution in [2.45, 2.75) is 51.1 Å². The summed E-state index contributed by atoms with van der Waals surface area (Å²) in [7, 11) is 0. The third-order valence-electron chi connectivity index (χ3n) is 4.75. The van der Waals surface area contributed by atoms with Gasteiger partial charge in [0.1, 0.15) is 22.7 Å². The lowest BCUT2D eigenvalue weighted by Gasteiger charge is -2.22. The molecule has 0 radical (unpaired) electrons. The van der Waals surface area contributed by atoms with Crippen molar-refractivity contribution in [2.24, 2.45) is 0 Å². The Morgan fingerprint density at radius 2 is 1.66 bits per heavy atom. The zero-order valence-corrected chi connectivity index (χ0v) is 22.7. The van der Waals surface area contributed by atoms with Crippen LogP contribution in [0.2, 0.25) is 10.3 Å². The number of halogens is 3. The second kappa shape index (κ2) is 19.0. The average molecular weight is 596 g/mol. The van der Waals surface area contributed by atoms with Crippen LogP contribution in [0.3, 0.4) is 0 Å². The molecule has 0 saturated carbocycles. The van der Waals surface area contributed by atoms with Gasteiger partial charge in [-0.2, -0.15) is 0 Å². The van der Waals surface area contributed by atoms with Gasteiger partial charge in [0.05, 0.1) is 13.2 Å². The number of alkyl halides is 1. The number of ether oxygens (including phenoxy) is 5. The van der Waals surface area contributed by atoms with E-state index >= 15 is 0 Å². The molecule has 2 aromatic heterocycles. The Balaban J connectivity index is 0.000000204. The SMILES string of the molecule is BrCCOC1CCCCO1.Clc1cc(OCCOC2CCCCO2)ccn1.O=c1cc[nH]c(Cl)c1. The lowest BCUT2D eigenvalue weighted by atomic mass is 10.2. The molecule has 2 aliphatic heterocycles. The molecule has 2 saturated heterocycles. The number of nitrogens with zero attached hydrogens (tertiary/aromatic N) is 1. The summed E-state index contributed by atoms with van der Waals surface area (Å²) in [6.07, 6.45) is 9.90. The van der Waals surface area contributed by atoms with E-state index in [1.54, 1.807) is 18.3 Å². The fraction of sp³-hybridized carbons (Fsp3) is 0.583. The van der Waals surface area contributed by atoms with Crippen LogP contribution < -0.4 is 10.2 Å². The number of aromatic amines is 1. The monoisotopic (exact) mass is 594 g/mol. The molecule has 35 heavy (non-hydrogen) atoms. The van der Waals surface area contributed by atoms with Crippen molar-refractivity contribution in [3.8, 4) is 5.75 Å². The van der Waals surface area contributed by atoms with Crippen LogP contribution >= 0.6 is 39.1 Å². The molecule has 2 aromatic rings. The average Bonchev–Trinajstić information content (AvgIpc) is 2.87. The molecule has 11 heteroatoms. The van der Waals surface area contributed by atoms with Gasteiger partial charge in [-0.15, -0.1) is 0 Å². The minimum Gasteiger partial charge on any atom is -0.491 e. The predicted octanol–water partition coefficient (Wildman–Crippen LogP) is 5.61. The topological polar surface area (TPSA) is 91.9 Å². The normalized spacial score (nSPS) is 19.5. The third kappa shape index (κ3) is 14.8. The predicted molar refractivity (Wildman–Crippen MR) is 140 cm³/mol. The van der Waals surface area contributed by atoms with E-state index in [1.807, 2.05) is 0 Å². The van der Waals surface area contributed by atoms with Crippen LogP contribution in [-0.4, -0.2) is 60.9 Å². The molecular weight excluding hydrogens is 563 g/mol. The van der Waals surface area contributed by atoms with Gasteiger partial charge in [0, 0.05) is 49.1 Å². The maximum absolute atomic E-state index is 10.4. The molecule has 2 atom stereocenters. The highest BCUT2D eigenvalue weighted by atomic mass is 79.9. The highest BCUT2D eigenvalue weighted by Gasteiger charge is 2.14. The second-order valence-corrected chi connectivity index (χ2v) is 9.15. The highest BCUT2D eigenvalue weighted by Crippen LogP contribution is 2.16. The van der Waals surface area contributed by atoms with Crippen LogP contribution in [0.25, 0.3) is 0 Å². The van der Waals surface area contributed by atoms with Gasteiger partial charge in [0.15, 0.2) is 18.0 Å². The molecule has 0 spiro atoms. The summed E-state index contributed by atoms with van der Waals surface area (Å²) < 4.78 is 27.2. The molecule has 0 aromatic carbocycles. The van der Waals surface area contributed by atoms with E-state index in [2.05, 4.69) is 25.9 Å². The van der Waals surface area contributed by atoms with Crippen LogP contribution in [0.1, 0.15) is 38.5 Å². The molecule has 0 bridgehead atoms. The van der Waals surface area contributed by atoms with Gasteiger partial charge in [0.25, 0.3) is 0 Å². The number of pyridine rings is 2. The molecule has 0 aliphatic carbocycles. The van der Waals surface area contributed by atoms with Crippen LogP contribution in [0.15, 0.2) is 41.5 Å². The number of hydrogen-bond donors (Lipinski definition) is 1. The van der Waals surface area contributed by atoms with Gasteiger partial charge in [-0.3, -0.25) is 4.79 Å². The van der Waals surface area contributed by atoms with Crippen molar-refractivity contribution >= 4 is 39.1 Å². The summed E-state index contributed by atoms with van der Waals surface area (Å²) in [6.45, 7) is 3.42. The maximum atomic E-state index is 10.4. The quantitative estimate of drug-likeness (QED) is 0.241. The Morgan fingerprint density at radius 1 is 0.971 bits per heavy atom. The third-order valence-corrected chi connectivity index (χ3v) is 5.50. The van der Waals surface area contributed by atoms with Gasteiger partial charge in [-0.25, -0.2) is 4.98 Å². The first-order chi connectivity index (χ1) is 17.1. The van der Waals surface area contributed by atoms with Crippen LogP contribution in [-0.2, 0) is 18.9 Å². The summed E-state index contributed by atoms with van der Waals surface area (Å²) in [5, 5.41) is 1.70. The first-order valence-corrected chi connectivity index (χ1v) is 13.6. The lowest BCUT2D eigenvalue weighted by molar-refractivity contribution is -0.165. The van der Waals surface area contributed by atoms with Gasteiger partial charge in [-0.05, 0) is 44.6 Å². The Bertz CT molecular complexity index is 864. The zero-order chi connectivity index (χ0) is 25.1. The van der Waals surface area contributed by atoms with E-state index < -0.39 is 0 Å². The number of H-pyrrole nitrogens is 1. The summed E-state index contributed by atoms with van der Waals surface area (Å²) in [6, 6.07) is 6.18. The molecule has 1 N–H and O–H groups in total. The Kier molecular flexibility index (Phi) is 16.3. The largest absolute Gasteiger partial charge is 0.491 e. The van der Waals surface area contributed by atoms with Gasteiger partial charge >= 0.3 is 0 Å². The standard InChI is InChI=1S/C12H16ClNO3.C7H13BrO2.C5H4ClNO/c13-11-9-10(4-5-14-11)15-7-8-17-12-3-1-2-6-16-12;8-4-6-10-7-3-1-2-5-9-7;6-5-3-4(8)1-2-7-5/h4-5,9,12H,1-3,6-8H2;7H,1-6H2;1-3H,(H,7,8). The number of aromatic nitrogens is 2. The molecular formula is C24H33BrCl2N2O6. The number of nitrogens with one attached hydrogen (secondary N) is 1. The van der Waals surface area contributed by atoms with Crippen LogP contribution in [0.4, 0.5) is 0 Å². The second-order valence-electron chi connectivity index (χ2n) is 7.56. The Labute approximate surface area is 224 Å². The fourth-order valence-corrected chi connectivity index (χ4v) is 3.61. The summed E-state index contributed by atoms with van der Waals surface area (Å²) in [5.41, 5.74) is -0.0752. The van der Waals surface area contributed by atoms with E-state index in [0.717, 1.165) is 44.4 Å². The van der Waals surface area contributed by atoms with Crippen molar-refractivity contribution in [1.82, 2.24) is 9.97 Å². The smallest absolute Gasteiger partial charge is 0.183 e. The molecule has 4 rings (SSSR count). The van der Waals surface area contributed by atoms with E-state index in [4.69, 9.17) is 46.9 Å². The van der Waals surface area contributed by atoms with E-state index in [9.17, 15) is 4.79 Å². The van der Waals surface area contributed by atoms with E-state index in [0.29, 0.717) is 29.3 Å². The van der Waals surface area contributed by atoms with Gasteiger partial charge in [0.2, 0.25) is 0 Å². The van der Waals surface area contributed by atoms with E-state index in [-0.39, 0.29) is 18.0 Å². The van der Waals surface area contributed by atoms with Gasteiger partial charge < -0.3 is 28.7 Å². The van der Waals surface area contributed by atoms with Crippen molar-refractivity contribution in [3.05, 3.63) is 57.2 Å². The molecule has 0 amide bonds. The lowest BCUT2D eigenvalue weighted by Crippen LogP contribution is -2.24. The van der Waals surface area contributed by atoms with Crippen molar-refractivity contribution in [3.63, 3.8) is 0 Å². The summed E-state index contributed by atoms with van der Waals surface area (Å²) in [4.78, 5) is 16.9. The molecule has 8 nitrogen and oxygen atoms in total. The number of hydrogen-bond acceptors (Lipinski definition) is 7. The first-order valence-electron chi connectivity index (χ1n) is 11.7. The molecule has 4 heterocycles. The number of rotatable bonds is 8. The zero-order valence-electron chi connectivity index (χ0n) is 19.6. The fourth-order valence-electron chi connectivity index (χ4n) is 3.09. The van der Waals surface area contributed by atoms with Crippen molar-refractivity contribution < 1.29 is 23.7 Å². The molecule has 2 fully saturated rings. The summed E-state index contributed by atoms with van der Waals surface area (Å²) >= 11 is 14.4. The first kappa shape index (κ1) is 30.0. The minimum atomic E-state index is -0.0752. The van der Waals surface area contributed by atoms with Gasteiger partial charge in [-0.1, -0.05) is 39.1 Å². The summed E-state index contributed by atoms with van der Waals surface area (Å²) in [5.74, 6) is 0.707. The Morgan fingerprint density at radius 3 is 2.17 bits per heavy atom. The van der Waals surface area contributed by atoms with Crippen LogP contribution in [0.5, 0.6) is 5.75 Å². The van der Waals surface area contributed by atoms with E-state index in [1.165, 1.54) is 37.6 Å². The highest BCUT2D eigenvalue weighted by molar-refractivity contribution is 9.09. The molecule has 2 unspecified atom stereocenters. The molecule has 196 valence electrons. The van der Waals surface area contributed by atoms with Crippen molar-refractivity contribution in [2.75, 3.05) is 38.4 Å².